The van der Waals surface area contributed by atoms with E-state index in [4.69, 9.17) is 0 Å². The lowest BCUT2D eigenvalue weighted by molar-refractivity contribution is 0.102. The highest BCUT2D eigenvalue weighted by atomic mass is 32.2. The Kier molecular flexibility index (Phi) is 4.39. The van der Waals surface area contributed by atoms with Gasteiger partial charge < -0.3 is 5.32 Å². The fraction of sp³-hybridized carbons (Fsp3) is 0.267. The van der Waals surface area contributed by atoms with Crippen LogP contribution in [0.3, 0.4) is 0 Å². The van der Waals surface area contributed by atoms with Gasteiger partial charge in [-0.15, -0.1) is 0 Å². The first-order valence-electron chi connectivity index (χ1n) is 6.28. The molecule has 0 atom stereocenters. The number of nitrogens with zero attached hydrogens (tertiary/aromatic N) is 2. The second kappa shape index (κ2) is 6.05. The van der Waals surface area contributed by atoms with E-state index in [1.165, 1.54) is 17.3 Å². The van der Waals surface area contributed by atoms with E-state index < -0.39 is 0 Å². The van der Waals surface area contributed by atoms with Gasteiger partial charge in [0.05, 0.1) is 0 Å². The molecule has 0 saturated heterocycles. The highest BCUT2D eigenvalue weighted by molar-refractivity contribution is 7.98. The third-order valence-electron chi connectivity index (χ3n) is 3.01. The van der Waals surface area contributed by atoms with Gasteiger partial charge in [-0.1, -0.05) is 17.8 Å². The summed E-state index contributed by atoms with van der Waals surface area (Å²) in [5, 5.41) is 3.47. The molecule has 1 aromatic carbocycles. The van der Waals surface area contributed by atoms with Crippen molar-refractivity contribution in [2.24, 2.45) is 0 Å². The molecular weight excluding hydrogens is 270 g/mol. The average Bonchev–Trinajstić information content (AvgIpc) is 2.42. The lowest BCUT2D eigenvalue weighted by Gasteiger charge is -2.08. The number of hydrogen-bond donors (Lipinski definition) is 1. The molecule has 20 heavy (non-hydrogen) atoms. The highest BCUT2D eigenvalue weighted by Crippen LogP contribution is 2.16. The smallest absolute Gasteiger partial charge is 0.274 e. The lowest BCUT2D eigenvalue weighted by Crippen LogP contribution is -2.15. The predicted octanol–water partition coefficient (Wildman–Crippen LogP) is 3.38. The second-order valence-electron chi connectivity index (χ2n) is 4.63. The molecule has 0 fully saturated rings. The number of amides is 1. The topological polar surface area (TPSA) is 54.9 Å². The monoisotopic (exact) mass is 287 g/mol. The summed E-state index contributed by atoms with van der Waals surface area (Å²) in [7, 11) is 0. The van der Waals surface area contributed by atoms with Crippen molar-refractivity contribution in [3.8, 4) is 0 Å². The quantitative estimate of drug-likeness (QED) is 0.694. The molecule has 1 amide bonds. The van der Waals surface area contributed by atoms with Crippen molar-refractivity contribution < 1.29 is 4.79 Å². The van der Waals surface area contributed by atoms with Gasteiger partial charge in [-0.2, -0.15) is 0 Å². The number of carbonyl (C=O) groups is 1. The van der Waals surface area contributed by atoms with Gasteiger partial charge in [0.25, 0.3) is 5.91 Å². The molecule has 0 aliphatic carbocycles. The van der Waals surface area contributed by atoms with E-state index in [2.05, 4.69) is 15.3 Å². The maximum Gasteiger partial charge on any atom is 0.274 e. The molecule has 0 bridgehead atoms. The van der Waals surface area contributed by atoms with Crippen LogP contribution < -0.4 is 5.32 Å². The number of aromatic nitrogens is 2. The minimum Gasteiger partial charge on any atom is -0.321 e. The number of thioether (sulfide) groups is 1. The Hall–Kier alpha value is -1.88. The minimum absolute atomic E-state index is 0.214. The molecule has 5 heteroatoms. The van der Waals surface area contributed by atoms with Crippen LogP contribution in [0.5, 0.6) is 0 Å². The molecule has 0 saturated carbocycles. The van der Waals surface area contributed by atoms with Crippen molar-refractivity contribution in [1.82, 2.24) is 9.97 Å². The van der Waals surface area contributed by atoms with E-state index in [0.29, 0.717) is 10.9 Å². The zero-order valence-corrected chi connectivity index (χ0v) is 12.8. The first-order valence-corrected chi connectivity index (χ1v) is 7.50. The molecule has 0 radical (unpaired) electrons. The number of anilines is 1. The molecule has 2 aromatic rings. The van der Waals surface area contributed by atoms with Gasteiger partial charge >= 0.3 is 0 Å². The van der Waals surface area contributed by atoms with E-state index in [9.17, 15) is 4.79 Å². The fourth-order valence-corrected chi connectivity index (χ4v) is 2.19. The molecule has 1 heterocycles. The van der Waals surface area contributed by atoms with Crippen LogP contribution in [0.2, 0.25) is 0 Å². The molecule has 104 valence electrons. The Bertz CT molecular complexity index is 656. The van der Waals surface area contributed by atoms with Crippen LogP contribution in [0.25, 0.3) is 0 Å². The molecule has 0 spiro atoms. The summed E-state index contributed by atoms with van der Waals surface area (Å²) in [6.07, 6.45) is 1.89. The third-order valence-corrected chi connectivity index (χ3v) is 3.56. The molecule has 2 rings (SSSR count). The van der Waals surface area contributed by atoms with E-state index >= 15 is 0 Å². The number of hydrogen-bond acceptors (Lipinski definition) is 4. The van der Waals surface area contributed by atoms with E-state index in [0.717, 1.165) is 16.9 Å². The maximum atomic E-state index is 12.2. The summed E-state index contributed by atoms with van der Waals surface area (Å²) in [5.74, 6) is -0.214. The van der Waals surface area contributed by atoms with Crippen molar-refractivity contribution in [2.45, 2.75) is 25.9 Å². The van der Waals surface area contributed by atoms with Crippen LogP contribution in [0.15, 0.2) is 29.4 Å². The average molecular weight is 287 g/mol. The van der Waals surface area contributed by atoms with Crippen LogP contribution in [0.4, 0.5) is 5.69 Å². The number of aryl methyl sites for hydroxylation is 3. The summed E-state index contributed by atoms with van der Waals surface area (Å²) in [6.45, 7) is 5.92. The fourth-order valence-electron chi connectivity index (χ4n) is 1.76. The first kappa shape index (κ1) is 14.5. The van der Waals surface area contributed by atoms with E-state index in [-0.39, 0.29) is 5.91 Å². The van der Waals surface area contributed by atoms with Gasteiger partial charge in [-0.3, -0.25) is 4.79 Å². The predicted molar refractivity (Wildman–Crippen MR) is 82.4 cm³/mol. The van der Waals surface area contributed by atoms with Crippen LogP contribution in [0.1, 0.15) is 27.3 Å². The molecule has 4 nitrogen and oxygen atoms in total. The van der Waals surface area contributed by atoms with Gasteiger partial charge in [0.15, 0.2) is 5.16 Å². The minimum atomic E-state index is -0.214. The summed E-state index contributed by atoms with van der Waals surface area (Å²) >= 11 is 1.42. The number of carbonyl (C=O) groups excluding carboxylic acids is 1. The Morgan fingerprint density at radius 1 is 1.10 bits per heavy atom. The van der Waals surface area contributed by atoms with Gasteiger partial charge in [0.2, 0.25) is 0 Å². The zero-order valence-electron chi connectivity index (χ0n) is 12.0. The lowest BCUT2D eigenvalue weighted by atomic mass is 10.1. The second-order valence-corrected chi connectivity index (χ2v) is 5.41. The Morgan fingerprint density at radius 2 is 1.85 bits per heavy atom. The van der Waals surface area contributed by atoms with Gasteiger partial charge in [-0.05, 0) is 56.4 Å². The number of rotatable bonds is 3. The third kappa shape index (κ3) is 3.36. The summed E-state index contributed by atoms with van der Waals surface area (Å²) in [5.41, 5.74) is 4.30. The van der Waals surface area contributed by atoms with E-state index in [1.54, 1.807) is 6.07 Å². The molecule has 0 aliphatic heterocycles. The summed E-state index contributed by atoms with van der Waals surface area (Å²) in [6, 6.07) is 7.53. The molecule has 0 unspecified atom stereocenters. The van der Waals surface area contributed by atoms with Crippen LogP contribution in [-0.2, 0) is 0 Å². The first-order chi connectivity index (χ1) is 9.49. The van der Waals surface area contributed by atoms with Gasteiger partial charge in [-0.25, -0.2) is 9.97 Å². The zero-order chi connectivity index (χ0) is 14.7. The molecule has 1 N–H and O–H groups in total. The largest absolute Gasteiger partial charge is 0.321 e. The van der Waals surface area contributed by atoms with Crippen LogP contribution in [0, 0.1) is 20.8 Å². The summed E-state index contributed by atoms with van der Waals surface area (Å²) < 4.78 is 0. The van der Waals surface area contributed by atoms with Crippen LogP contribution in [-0.4, -0.2) is 22.1 Å². The summed E-state index contributed by atoms with van der Waals surface area (Å²) in [4.78, 5) is 20.7. The maximum absolute atomic E-state index is 12.2. The Balaban J connectivity index is 2.23. The SMILES string of the molecule is CSc1nc(C)cc(C(=O)Nc2ccc(C)c(C)c2)n1. The van der Waals surface area contributed by atoms with Crippen LogP contribution >= 0.6 is 11.8 Å². The Labute approximate surface area is 123 Å². The number of nitrogens with one attached hydrogen (secondary N) is 1. The standard InChI is InChI=1S/C15H17N3OS/c1-9-5-6-12(7-10(9)2)17-14(19)13-8-11(3)16-15(18-13)20-4/h5-8H,1-4H3,(H,17,19). The van der Waals surface area contributed by atoms with Crippen molar-refractivity contribution >= 4 is 23.4 Å². The molecule has 1 aromatic heterocycles. The van der Waals surface area contributed by atoms with Crippen molar-refractivity contribution in [3.63, 3.8) is 0 Å². The normalized spacial score (nSPS) is 10.4. The van der Waals surface area contributed by atoms with Gasteiger partial charge in [0.1, 0.15) is 5.69 Å². The van der Waals surface area contributed by atoms with Gasteiger partial charge in [0, 0.05) is 11.4 Å². The molecule has 0 aliphatic rings. The van der Waals surface area contributed by atoms with Crippen molar-refractivity contribution in [2.75, 3.05) is 11.6 Å². The number of benzene rings is 1. The van der Waals surface area contributed by atoms with E-state index in [1.807, 2.05) is 45.2 Å². The van der Waals surface area contributed by atoms with Crippen molar-refractivity contribution in [1.29, 1.82) is 0 Å². The Morgan fingerprint density at radius 3 is 2.50 bits per heavy atom. The molecular formula is C15H17N3OS. The highest BCUT2D eigenvalue weighted by Gasteiger charge is 2.11. The van der Waals surface area contributed by atoms with Crippen molar-refractivity contribution in [3.05, 3.63) is 46.8 Å².